The SMILES string of the molecule is Cn1cc(S(=O)(=O)N2CCC(C(O)C(F)(F)F)CC2)cn1. The van der Waals surface area contributed by atoms with E-state index in [-0.39, 0.29) is 30.8 Å². The van der Waals surface area contributed by atoms with Crippen molar-refractivity contribution in [3.63, 3.8) is 0 Å². The maximum atomic E-state index is 12.4. The van der Waals surface area contributed by atoms with Gasteiger partial charge in [0.05, 0.1) is 6.20 Å². The van der Waals surface area contributed by atoms with Gasteiger partial charge in [-0.3, -0.25) is 4.68 Å². The second-order valence-corrected chi connectivity index (χ2v) is 7.02. The monoisotopic (exact) mass is 327 g/mol. The minimum absolute atomic E-state index is 0.0137. The first-order valence-corrected chi connectivity index (χ1v) is 7.80. The molecule has 1 saturated heterocycles. The smallest absolute Gasteiger partial charge is 0.383 e. The number of aliphatic hydroxyl groups excluding tert-OH is 1. The van der Waals surface area contributed by atoms with Gasteiger partial charge in [-0.05, 0) is 18.8 Å². The van der Waals surface area contributed by atoms with E-state index in [1.54, 1.807) is 7.05 Å². The van der Waals surface area contributed by atoms with E-state index in [4.69, 9.17) is 0 Å². The van der Waals surface area contributed by atoms with Crippen LogP contribution in [0.5, 0.6) is 0 Å². The number of halogens is 3. The van der Waals surface area contributed by atoms with Crippen LogP contribution in [0, 0.1) is 5.92 Å². The molecule has 2 heterocycles. The zero-order chi connectivity index (χ0) is 15.8. The molecule has 0 bridgehead atoms. The zero-order valence-electron chi connectivity index (χ0n) is 11.3. The Hall–Kier alpha value is -1.13. The van der Waals surface area contributed by atoms with Crippen molar-refractivity contribution in [2.45, 2.75) is 30.0 Å². The first-order chi connectivity index (χ1) is 9.62. The molecule has 0 amide bonds. The number of rotatable bonds is 3. The molecular weight excluding hydrogens is 311 g/mol. The first kappa shape index (κ1) is 16.2. The van der Waals surface area contributed by atoms with E-state index in [1.807, 2.05) is 0 Å². The Labute approximate surface area is 120 Å². The number of hydrogen-bond acceptors (Lipinski definition) is 4. The Bertz CT molecular complexity index is 591. The quantitative estimate of drug-likeness (QED) is 0.889. The Morgan fingerprint density at radius 3 is 2.38 bits per heavy atom. The van der Waals surface area contributed by atoms with Crippen molar-refractivity contribution in [2.75, 3.05) is 13.1 Å². The van der Waals surface area contributed by atoms with E-state index in [9.17, 15) is 26.7 Å². The van der Waals surface area contributed by atoms with Gasteiger partial charge in [-0.2, -0.15) is 22.6 Å². The van der Waals surface area contributed by atoms with E-state index in [1.165, 1.54) is 17.1 Å². The summed E-state index contributed by atoms with van der Waals surface area (Å²) < 4.78 is 64.3. The summed E-state index contributed by atoms with van der Waals surface area (Å²) in [7, 11) is -2.16. The lowest BCUT2D eigenvalue weighted by Gasteiger charge is -2.33. The van der Waals surface area contributed by atoms with Crippen LogP contribution < -0.4 is 0 Å². The third-order valence-corrected chi connectivity index (χ3v) is 5.45. The van der Waals surface area contributed by atoms with E-state index >= 15 is 0 Å². The fourth-order valence-corrected chi connectivity index (χ4v) is 3.84. The van der Waals surface area contributed by atoms with Crippen LogP contribution in [-0.2, 0) is 17.1 Å². The van der Waals surface area contributed by atoms with Crippen LogP contribution in [0.1, 0.15) is 12.8 Å². The average molecular weight is 327 g/mol. The largest absolute Gasteiger partial charge is 0.414 e. The van der Waals surface area contributed by atoms with E-state index in [0.29, 0.717) is 0 Å². The van der Waals surface area contributed by atoms with E-state index in [0.717, 1.165) is 4.31 Å². The molecule has 0 aromatic carbocycles. The molecule has 1 aromatic rings. The number of aromatic nitrogens is 2. The molecule has 10 heteroatoms. The van der Waals surface area contributed by atoms with E-state index in [2.05, 4.69) is 5.10 Å². The minimum Gasteiger partial charge on any atom is -0.383 e. The minimum atomic E-state index is -4.67. The molecule has 21 heavy (non-hydrogen) atoms. The Kier molecular flexibility index (Phi) is 4.31. The number of nitrogens with zero attached hydrogens (tertiary/aromatic N) is 3. The molecule has 1 aliphatic heterocycles. The Balaban J connectivity index is 2.04. The molecule has 1 unspecified atom stereocenters. The fourth-order valence-electron chi connectivity index (χ4n) is 2.38. The number of hydrogen-bond donors (Lipinski definition) is 1. The highest BCUT2D eigenvalue weighted by Crippen LogP contribution is 2.32. The lowest BCUT2D eigenvalue weighted by molar-refractivity contribution is -0.222. The molecule has 120 valence electrons. The van der Waals surface area contributed by atoms with Crippen LogP contribution in [0.2, 0.25) is 0 Å². The van der Waals surface area contributed by atoms with Gasteiger partial charge in [0.15, 0.2) is 6.10 Å². The van der Waals surface area contributed by atoms with Gasteiger partial charge in [0.1, 0.15) is 4.90 Å². The standard InChI is InChI=1S/C11H16F3N3O3S/c1-16-7-9(6-15-16)21(19,20)17-4-2-8(3-5-17)10(18)11(12,13)14/h6-8,10,18H,2-5H2,1H3. The van der Waals surface area contributed by atoms with Crippen molar-refractivity contribution >= 4 is 10.0 Å². The number of sulfonamides is 1. The maximum absolute atomic E-state index is 12.4. The van der Waals surface area contributed by atoms with Crippen LogP contribution in [0.15, 0.2) is 17.3 Å². The molecule has 6 nitrogen and oxygen atoms in total. The Morgan fingerprint density at radius 2 is 1.95 bits per heavy atom. The molecule has 0 spiro atoms. The Morgan fingerprint density at radius 1 is 1.38 bits per heavy atom. The van der Waals surface area contributed by atoms with Gasteiger partial charge in [-0.1, -0.05) is 0 Å². The number of aliphatic hydroxyl groups is 1. The summed E-state index contributed by atoms with van der Waals surface area (Å²) in [6.45, 7) is -0.0932. The number of piperidine rings is 1. The normalized spacial score (nSPS) is 20.6. The summed E-state index contributed by atoms with van der Waals surface area (Å²) in [4.78, 5) is 0.0137. The van der Waals surface area contributed by atoms with E-state index < -0.39 is 28.2 Å². The molecular formula is C11H16F3N3O3S. The van der Waals surface area contributed by atoms with Crippen molar-refractivity contribution in [1.82, 2.24) is 14.1 Å². The molecule has 0 radical (unpaired) electrons. The molecule has 1 fully saturated rings. The third kappa shape index (κ3) is 3.38. The average Bonchev–Trinajstić information content (AvgIpc) is 2.84. The highest BCUT2D eigenvalue weighted by molar-refractivity contribution is 7.89. The van der Waals surface area contributed by atoms with Crippen molar-refractivity contribution < 1.29 is 26.7 Å². The van der Waals surface area contributed by atoms with Gasteiger partial charge < -0.3 is 5.11 Å². The lowest BCUT2D eigenvalue weighted by atomic mass is 9.92. The first-order valence-electron chi connectivity index (χ1n) is 6.36. The predicted molar refractivity (Wildman–Crippen MR) is 66.8 cm³/mol. The molecule has 1 aromatic heterocycles. The summed E-state index contributed by atoms with van der Waals surface area (Å²) in [5, 5.41) is 13.0. The molecule has 0 aliphatic carbocycles. The van der Waals surface area contributed by atoms with Crippen molar-refractivity contribution in [2.24, 2.45) is 13.0 Å². The summed E-state index contributed by atoms with van der Waals surface area (Å²) in [6, 6.07) is 0. The highest BCUT2D eigenvalue weighted by Gasteiger charge is 2.45. The number of aryl methyl sites for hydroxylation is 1. The summed E-state index contributed by atoms with van der Waals surface area (Å²) in [5.41, 5.74) is 0. The third-order valence-electron chi connectivity index (χ3n) is 3.60. The van der Waals surface area contributed by atoms with Gasteiger partial charge in [0.2, 0.25) is 10.0 Å². The maximum Gasteiger partial charge on any atom is 0.414 e. The van der Waals surface area contributed by atoms with Gasteiger partial charge >= 0.3 is 6.18 Å². The molecule has 1 atom stereocenters. The molecule has 0 saturated carbocycles. The summed E-state index contributed by atoms with van der Waals surface area (Å²) in [6.07, 6.45) is -4.59. The van der Waals surface area contributed by atoms with Crippen molar-refractivity contribution in [3.8, 4) is 0 Å². The fraction of sp³-hybridized carbons (Fsp3) is 0.727. The topological polar surface area (TPSA) is 75.4 Å². The van der Waals surface area contributed by atoms with Crippen molar-refractivity contribution in [1.29, 1.82) is 0 Å². The predicted octanol–water partition coefficient (Wildman–Crippen LogP) is 0.744. The van der Waals surface area contributed by atoms with Crippen molar-refractivity contribution in [3.05, 3.63) is 12.4 Å². The second kappa shape index (κ2) is 5.58. The zero-order valence-corrected chi connectivity index (χ0v) is 12.1. The van der Waals surface area contributed by atoms with Gasteiger partial charge in [0.25, 0.3) is 0 Å². The molecule has 1 aliphatic rings. The van der Waals surface area contributed by atoms with Gasteiger partial charge in [-0.25, -0.2) is 8.42 Å². The van der Waals surface area contributed by atoms with Crippen LogP contribution in [-0.4, -0.2) is 53.0 Å². The van der Waals surface area contributed by atoms with Crippen LogP contribution in [0.3, 0.4) is 0 Å². The van der Waals surface area contributed by atoms with Gasteiger partial charge in [-0.15, -0.1) is 0 Å². The van der Waals surface area contributed by atoms with Gasteiger partial charge in [0, 0.05) is 26.3 Å². The molecule has 1 N–H and O–H groups in total. The lowest BCUT2D eigenvalue weighted by Crippen LogP contribution is -2.45. The molecule has 2 rings (SSSR count). The highest BCUT2D eigenvalue weighted by atomic mass is 32.2. The summed E-state index contributed by atoms with van der Waals surface area (Å²) in [5.74, 6) is -0.967. The van der Waals surface area contributed by atoms with Crippen LogP contribution in [0.4, 0.5) is 13.2 Å². The summed E-state index contributed by atoms with van der Waals surface area (Å²) >= 11 is 0. The second-order valence-electron chi connectivity index (χ2n) is 5.08. The number of alkyl halides is 3. The van der Waals surface area contributed by atoms with Crippen LogP contribution in [0.25, 0.3) is 0 Å². The van der Waals surface area contributed by atoms with Crippen LogP contribution >= 0.6 is 0 Å².